The highest BCUT2D eigenvalue weighted by atomic mass is 16.4. The molecule has 1 aromatic rings. The summed E-state index contributed by atoms with van der Waals surface area (Å²) in [6.45, 7) is 12.6. The summed E-state index contributed by atoms with van der Waals surface area (Å²) in [5, 5.41) is 18.8. The van der Waals surface area contributed by atoms with E-state index in [9.17, 15) is 9.90 Å². The van der Waals surface area contributed by atoms with E-state index in [0.717, 1.165) is 17.5 Å². The van der Waals surface area contributed by atoms with Crippen molar-refractivity contribution in [2.24, 2.45) is 5.41 Å². The van der Waals surface area contributed by atoms with Gasteiger partial charge in [-0.25, -0.2) is 4.79 Å². The molecule has 19 heavy (non-hydrogen) atoms. The van der Waals surface area contributed by atoms with Gasteiger partial charge in [0.2, 0.25) is 0 Å². The third-order valence-electron chi connectivity index (χ3n) is 3.27. The van der Waals surface area contributed by atoms with Crippen LogP contribution in [0.25, 0.3) is 0 Å². The van der Waals surface area contributed by atoms with Gasteiger partial charge in [-0.3, -0.25) is 0 Å². The van der Waals surface area contributed by atoms with Crippen molar-refractivity contribution < 1.29 is 15.0 Å². The van der Waals surface area contributed by atoms with Gasteiger partial charge in [0.1, 0.15) is 11.3 Å². The molecule has 3 nitrogen and oxygen atoms in total. The number of aryl methyl sites for hydroxylation is 1. The van der Waals surface area contributed by atoms with Gasteiger partial charge in [0.05, 0.1) is 0 Å². The molecular formula is C16H24O3. The summed E-state index contributed by atoms with van der Waals surface area (Å²) in [6, 6.07) is 3.15. The van der Waals surface area contributed by atoms with Gasteiger partial charge < -0.3 is 10.2 Å². The molecule has 0 saturated carbocycles. The Hall–Kier alpha value is -1.51. The van der Waals surface area contributed by atoms with E-state index in [2.05, 4.69) is 34.6 Å². The number of hydrogen-bond acceptors (Lipinski definition) is 2. The average Bonchev–Trinajstić information content (AvgIpc) is 2.11. The van der Waals surface area contributed by atoms with Crippen LogP contribution in [0.1, 0.15) is 62.5 Å². The molecule has 0 saturated heterocycles. The number of carbonyl (C=O) groups is 1. The summed E-state index contributed by atoms with van der Waals surface area (Å²) in [5.74, 6) is -1.26. The number of phenols is 1. The van der Waals surface area contributed by atoms with Gasteiger partial charge >= 0.3 is 5.97 Å². The molecule has 1 rings (SSSR count). The van der Waals surface area contributed by atoms with E-state index in [1.54, 1.807) is 12.1 Å². The number of hydrogen-bond donors (Lipinski definition) is 2. The number of carboxylic acid groups (broad SMARTS) is 1. The molecule has 0 radical (unpaired) electrons. The second-order valence-electron chi connectivity index (χ2n) is 7.11. The van der Waals surface area contributed by atoms with Crippen LogP contribution in [0.5, 0.6) is 5.75 Å². The van der Waals surface area contributed by atoms with E-state index >= 15 is 0 Å². The van der Waals surface area contributed by atoms with Crippen LogP contribution in [-0.2, 0) is 5.41 Å². The van der Waals surface area contributed by atoms with E-state index < -0.39 is 5.97 Å². The predicted molar refractivity (Wildman–Crippen MR) is 76.9 cm³/mol. The van der Waals surface area contributed by atoms with E-state index in [1.807, 2.05) is 6.92 Å². The Morgan fingerprint density at radius 3 is 2.11 bits per heavy atom. The fourth-order valence-corrected chi connectivity index (χ4v) is 3.01. The maximum Gasteiger partial charge on any atom is 0.339 e. The molecule has 0 heterocycles. The molecular weight excluding hydrogens is 240 g/mol. The van der Waals surface area contributed by atoms with Gasteiger partial charge in [-0.15, -0.1) is 0 Å². The second-order valence-corrected chi connectivity index (χ2v) is 7.11. The predicted octanol–water partition coefficient (Wildman–Crippen LogP) is 4.11. The fourth-order valence-electron chi connectivity index (χ4n) is 3.01. The largest absolute Gasteiger partial charge is 0.507 e. The SMILES string of the molecule is Cc1cc(O)c(C(=O)O)cc1C(C)(C)CC(C)(C)C. The normalized spacial score (nSPS) is 12.5. The van der Waals surface area contributed by atoms with Crippen LogP contribution in [0.2, 0.25) is 0 Å². The van der Waals surface area contributed by atoms with Gasteiger partial charge in [-0.1, -0.05) is 34.6 Å². The molecule has 0 fully saturated rings. The minimum absolute atomic E-state index is 0.0254. The third kappa shape index (κ3) is 3.72. The zero-order valence-electron chi connectivity index (χ0n) is 12.7. The Bertz CT molecular complexity index is 493. The van der Waals surface area contributed by atoms with Crippen molar-refractivity contribution >= 4 is 5.97 Å². The van der Waals surface area contributed by atoms with Crippen LogP contribution in [0.4, 0.5) is 0 Å². The lowest BCUT2D eigenvalue weighted by molar-refractivity contribution is 0.0693. The summed E-state index contributed by atoms with van der Waals surface area (Å²) < 4.78 is 0. The Kier molecular flexibility index (Phi) is 3.99. The van der Waals surface area contributed by atoms with Crippen molar-refractivity contribution in [1.82, 2.24) is 0 Å². The summed E-state index contributed by atoms with van der Waals surface area (Å²) in [4.78, 5) is 11.1. The number of aromatic carboxylic acids is 1. The molecule has 106 valence electrons. The van der Waals surface area contributed by atoms with Crippen LogP contribution in [-0.4, -0.2) is 16.2 Å². The lowest BCUT2D eigenvalue weighted by atomic mass is 9.71. The number of rotatable bonds is 3. The van der Waals surface area contributed by atoms with E-state index in [1.165, 1.54) is 0 Å². The van der Waals surface area contributed by atoms with Crippen molar-refractivity contribution in [1.29, 1.82) is 0 Å². The number of aromatic hydroxyl groups is 1. The maximum atomic E-state index is 11.1. The molecule has 0 atom stereocenters. The summed E-state index contributed by atoms with van der Waals surface area (Å²) >= 11 is 0. The van der Waals surface area contributed by atoms with E-state index in [4.69, 9.17) is 5.11 Å². The summed E-state index contributed by atoms with van der Waals surface area (Å²) in [7, 11) is 0. The molecule has 0 aliphatic heterocycles. The van der Waals surface area contributed by atoms with E-state index in [0.29, 0.717) is 0 Å². The van der Waals surface area contributed by atoms with Gasteiger partial charge in [0, 0.05) is 0 Å². The molecule has 0 amide bonds. The number of carboxylic acids is 1. The molecule has 2 N–H and O–H groups in total. The average molecular weight is 264 g/mol. The van der Waals surface area contributed by atoms with Crippen molar-refractivity contribution in [3.8, 4) is 5.75 Å². The lowest BCUT2D eigenvalue weighted by Gasteiger charge is -2.34. The first-order chi connectivity index (χ1) is 8.44. The zero-order chi connectivity index (χ0) is 15.0. The summed E-state index contributed by atoms with van der Waals surface area (Å²) in [6.07, 6.45) is 0.935. The standard InChI is InChI=1S/C16H24O3/c1-10-7-13(17)11(14(18)19)8-12(10)16(5,6)9-15(2,3)4/h7-8,17H,9H2,1-6H3,(H,18,19). The van der Waals surface area contributed by atoms with Crippen LogP contribution in [0.3, 0.4) is 0 Å². The molecule has 3 heteroatoms. The quantitative estimate of drug-likeness (QED) is 0.863. The van der Waals surface area contributed by atoms with Gasteiger partial charge in [0.25, 0.3) is 0 Å². The first-order valence-corrected chi connectivity index (χ1v) is 6.51. The van der Waals surface area contributed by atoms with Crippen LogP contribution in [0, 0.1) is 12.3 Å². The summed E-state index contributed by atoms with van der Waals surface area (Å²) in [5.41, 5.74) is 1.90. The maximum absolute atomic E-state index is 11.1. The first kappa shape index (κ1) is 15.5. The molecule has 0 unspecified atom stereocenters. The van der Waals surface area contributed by atoms with Crippen molar-refractivity contribution in [3.63, 3.8) is 0 Å². The van der Waals surface area contributed by atoms with E-state index in [-0.39, 0.29) is 22.1 Å². The van der Waals surface area contributed by atoms with Crippen molar-refractivity contribution in [2.75, 3.05) is 0 Å². The minimum atomic E-state index is -1.09. The topological polar surface area (TPSA) is 57.5 Å². The lowest BCUT2D eigenvalue weighted by Crippen LogP contribution is -2.26. The third-order valence-corrected chi connectivity index (χ3v) is 3.27. The Balaban J connectivity index is 3.34. The minimum Gasteiger partial charge on any atom is -0.507 e. The Morgan fingerprint density at radius 2 is 1.68 bits per heavy atom. The smallest absolute Gasteiger partial charge is 0.339 e. The van der Waals surface area contributed by atoms with Crippen LogP contribution >= 0.6 is 0 Å². The highest BCUT2D eigenvalue weighted by molar-refractivity contribution is 5.91. The molecule has 0 bridgehead atoms. The molecule has 0 spiro atoms. The fraction of sp³-hybridized carbons (Fsp3) is 0.562. The Morgan fingerprint density at radius 1 is 1.16 bits per heavy atom. The highest BCUT2D eigenvalue weighted by Gasteiger charge is 2.29. The van der Waals surface area contributed by atoms with Crippen LogP contribution < -0.4 is 0 Å². The monoisotopic (exact) mass is 264 g/mol. The first-order valence-electron chi connectivity index (χ1n) is 6.51. The molecule has 0 aliphatic carbocycles. The Labute approximate surface area is 115 Å². The second kappa shape index (κ2) is 4.87. The van der Waals surface area contributed by atoms with Crippen molar-refractivity contribution in [2.45, 2.75) is 53.4 Å². The van der Waals surface area contributed by atoms with Crippen LogP contribution in [0.15, 0.2) is 12.1 Å². The zero-order valence-corrected chi connectivity index (χ0v) is 12.7. The van der Waals surface area contributed by atoms with Gasteiger partial charge in [-0.2, -0.15) is 0 Å². The highest BCUT2D eigenvalue weighted by Crippen LogP contribution is 2.39. The van der Waals surface area contributed by atoms with Gasteiger partial charge in [0.15, 0.2) is 0 Å². The molecule has 1 aromatic carbocycles. The number of benzene rings is 1. The van der Waals surface area contributed by atoms with Crippen molar-refractivity contribution in [3.05, 3.63) is 28.8 Å². The molecule has 0 aromatic heterocycles. The van der Waals surface area contributed by atoms with Gasteiger partial charge in [-0.05, 0) is 47.4 Å². The molecule has 0 aliphatic rings.